The van der Waals surface area contributed by atoms with Crippen molar-refractivity contribution in [3.8, 4) is 11.1 Å². The van der Waals surface area contributed by atoms with Crippen molar-refractivity contribution in [2.24, 2.45) is 0 Å². The molecule has 1 aromatic carbocycles. The lowest BCUT2D eigenvalue weighted by atomic mass is 10.1. The van der Waals surface area contributed by atoms with E-state index >= 15 is 0 Å². The molecule has 0 aliphatic rings. The number of alkyl halides is 1. The second-order valence-corrected chi connectivity index (χ2v) is 3.25. The molecule has 0 saturated carbocycles. The number of carbonyl (C=O) groups is 1. The largest absolute Gasteiger partial charge is 0.478 e. The van der Waals surface area contributed by atoms with Crippen molar-refractivity contribution >= 4 is 5.97 Å². The summed E-state index contributed by atoms with van der Waals surface area (Å²) in [6.45, 7) is 0. The number of rotatable bonds is 3. The topological polar surface area (TPSA) is 55.1 Å². The summed E-state index contributed by atoms with van der Waals surface area (Å²) in [6, 6.07) is 9.24. The first-order valence-electron chi connectivity index (χ1n) is 4.65. The summed E-state index contributed by atoms with van der Waals surface area (Å²) in [5, 5.41) is 12.2. The maximum atomic E-state index is 13.1. The lowest BCUT2D eigenvalue weighted by Gasteiger charge is -2.01. The Morgan fingerprint density at radius 1 is 1.31 bits per heavy atom. The quantitative estimate of drug-likeness (QED) is 0.861. The molecule has 0 radical (unpaired) electrons. The Balaban J connectivity index is 2.30. The highest BCUT2D eigenvalue weighted by molar-refractivity contribution is 5.70. The summed E-state index contributed by atoms with van der Waals surface area (Å²) in [5.74, 6) is -1.55. The van der Waals surface area contributed by atoms with Crippen molar-refractivity contribution in [2.45, 2.75) is 6.30 Å². The SMILES string of the molecule is O=C(O)C(F)n1cc(-c2ccccc2)cn1. The molecule has 5 heteroatoms. The number of benzene rings is 1. The molecule has 2 rings (SSSR count). The second kappa shape index (κ2) is 4.14. The van der Waals surface area contributed by atoms with Crippen LogP contribution in [0.3, 0.4) is 0 Å². The van der Waals surface area contributed by atoms with Crippen molar-refractivity contribution in [1.82, 2.24) is 9.78 Å². The van der Waals surface area contributed by atoms with Gasteiger partial charge >= 0.3 is 5.97 Å². The number of hydrogen-bond acceptors (Lipinski definition) is 2. The molecule has 1 heterocycles. The first-order chi connectivity index (χ1) is 7.68. The van der Waals surface area contributed by atoms with E-state index in [-0.39, 0.29) is 0 Å². The summed E-state index contributed by atoms with van der Waals surface area (Å²) in [6.07, 6.45) is 0.663. The van der Waals surface area contributed by atoms with Gasteiger partial charge in [-0.15, -0.1) is 0 Å². The average Bonchev–Trinajstić information content (AvgIpc) is 2.78. The standard InChI is InChI=1S/C11H9FN2O2/c12-10(11(15)16)14-7-9(6-13-14)8-4-2-1-3-5-8/h1-7,10H,(H,15,16). The number of hydrogen-bond donors (Lipinski definition) is 1. The highest BCUT2D eigenvalue weighted by atomic mass is 19.1. The van der Waals surface area contributed by atoms with Crippen LogP contribution in [0.1, 0.15) is 6.30 Å². The minimum absolute atomic E-state index is 0.685. The fourth-order valence-electron chi connectivity index (χ4n) is 1.35. The van der Waals surface area contributed by atoms with E-state index in [1.165, 1.54) is 12.4 Å². The van der Waals surface area contributed by atoms with Crippen LogP contribution in [0.2, 0.25) is 0 Å². The van der Waals surface area contributed by atoms with E-state index in [4.69, 9.17) is 5.11 Å². The number of carboxylic acids is 1. The monoisotopic (exact) mass is 220 g/mol. The van der Waals surface area contributed by atoms with Crippen LogP contribution >= 0.6 is 0 Å². The fraction of sp³-hybridized carbons (Fsp3) is 0.0909. The van der Waals surface area contributed by atoms with E-state index in [1.807, 2.05) is 30.3 Å². The van der Waals surface area contributed by atoms with E-state index in [1.54, 1.807) is 0 Å². The molecule has 0 amide bonds. The van der Waals surface area contributed by atoms with Crippen molar-refractivity contribution in [2.75, 3.05) is 0 Å². The van der Waals surface area contributed by atoms with Gasteiger partial charge in [0.05, 0.1) is 6.20 Å². The molecule has 1 atom stereocenters. The van der Waals surface area contributed by atoms with Crippen LogP contribution in [0.15, 0.2) is 42.7 Å². The Morgan fingerprint density at radius 2 is 2.00 bits per heavy atom. The van der Waals surface area contributed by atoms with Gasteiger partial charge in [-0.05, 0) is 5.56 Å². The van der Waals surface area contributed by atoms with Gasteiger partial charge in [-0.25, -0.2) is 13.9 Å². The second-order valence-electron chi connectivity index (χ2n) is 3.25. The van der Waals surface area contributed by atoms with Crippen LogP contribution in [0.5, 0.6) is 0 Å². The van der Waals surface area contributed by atoms with E-state index < -0.39 is 12.3 Å². The van der Waals surface area contributed by atoms with Gasteiger partial charge in [-0.3, -0.25) is 0 Å². The third-order valence-corrected chi connectivity index (χ3v) is 2.14. The van der Waals surface area contributed by atoms with Crippen LogP contribution < -0.4 is 0 Å². The summed E-state index contributed by atoms with van der Waals surface area (Å²) in [7, 11) is 0. The molecule has 0 saturated heterocycles. The summed E-state index contributed by atoms with van der Waals surface area (Å²) < 4.78 is 13.9. The Kier molecular flexibility index (Phi) is 2.68. The Bertz CT molecular complexity index is 496. The van der Waals surface area contributed by atoms with Gasteiger partial charge in [0.15, 0.2) is 0 Å². The number of aliphatic carboxylic acids is 1. The van der Waals surface area contributed by atoms with Crippen molar-refractivity contribution < 1.29 is 14.3 Å². The molecule has 0 fully saturated rings. The Morgan fingerprint density at radius 3 is 2.62 bits per heavy atom. The van der Waals surface area contributed by atoms with E-state index in [0.717, 1.165) is 10.2 Å². The molecule has 4 nitrogen and oxygen atoms in total. The van der Waals surface area contributed by atoms with Gasteiger partial charge in [0.25, 0.3) is 6.30 Å². The first kappa shape index (κ1) is 10.4. The number of nitrogens with zero attached hydrogens (tertiary/aromatic N) is 2. The van der Waals surface area contributed by atoms with Gasteiger partial charge in [0, 0.05) is 11.8 Å². The van der Waals surface area contributed by atoms with E-state index in [9.17, 15) is 9.18 Å². The van der Waals surface area contributed by atoms with Crippen LogP contribution in [-0.2, 0) is 4.79 Å². The molecule has 82 valence electrons. The molecule has 0 aliphatic carbocycles. The number of aromatic nitrogens is 2. The molecule has 0 aliphatic heterocycles. The van der Waals surface area contributed by atoms with Crippen LogP contribution in [-0.4, -0.2) is 20.9 Å². The maximum Gasteiger partial charge on any atom is 0.361 e. The molecule has 16 heavy (non-hydrogen) atoms. The van der Waals surface area contributed by atoms with Crippen LogP contribution in [0, 0.1) is 0 Å². The molecule has 2 aromatic rings. The number of halogens is 1. The summed E-state index contributed by atoms with van der Waals surface area (Å²) in [5.41, 5.74) is 1.55. The summed E-state index contributed by atoms with van der Waals surface area (Å²) >= 11 is 0. The summed E-state index contributed by atoms with van der Waals surface area (Å²) in [4.78, 5) is 10.4. The predicted octanol–water partition coefficient (Wildman–Crippen LogP) is 2.10. The molecule has 1 aromatic heterocycles. The normalized spacial score (nSPS) is 12.3. The Hall–Kier alpha value is -2.17. The van der Waals surface area contributed by atoms with Gasteiger partial charge in [0.2, 0.25) is 0 Å². The minimum atomic E-state index is -2.14. The van der Waals surface area contributed by atoms with Crippen LogP contribution in [0.25, 0.3) is 11.1 Å². The minimum Gasteiger partial charge on any atom is -0.478 e. The third-order valence-electron chi connectivity index (χ3n) is 2.14. The lowest BCUT2D eigenvalue weighted by molar-refractivity contribution is -0.146. The van der Waals surface area contributed by atoms with Crippen molar-refractivity contribution in [3.63, 3.8) is 0 Å². The highest BCUT2D eigenvalue weighted by Gasteiger charge is 2.18. The van der Waals surface area contributed by atoms with E-state index in [2.05, 4.69) is 5.10 Å². The zero-order chi connectivity index (χ0) is 11.5. The first-order valence-corrected chi connectivity index (χ1v) is 4.65. The smallest absolute Gasteiger partial charge is 0.361 e. The third kappa shape index (κ3) is 1.93. The molecule has 1 unspecified atom stereocenters. The molecule has 0 bridgehead atoms. The molecule has 0 spiro atoms. The predicted molar refractivity (Wildman–Crippen MR) is 55.4 cm³/mol. The molecular weight excluding hydrogens is 211 g/mol. The van der Waals surface area contributed by atoms with Gasteiger partial charge in [-0.2, -0.15) is 5.10 Å². The average molecular weight is 220 g/mol. The fourth-order valence-corrected chi connectivity index (χ4v) is 1.35. The number of carboxylic acid groups (broad SMARTS) is 1. The highest BCUT2D eigenvalue weighted by Crippen LogP contribution is 2.19. The van der Waals surface area contributed by atoms with Gasteiger partial charge < -0.3 is 5.11 Å². The zero-order valence-electron chi connectivity index (χ0n) is 8.25. The van der Waals surface area contributed by atoms with Gasteiger partial charge in [-0.1, -0.05) is 30.3 Å². The van der Waals surface area contributed by atoms with Gasteiger partial charge in [0.1, 0.15) is 0 Å². The van der Waals surface area contributed by atoms with Crippen molar-refractivity contribution in [1.29, 1.82) is 0 Å². The maximum absolute atomic E-state index is 13.1. The lowest BCUT2D eigenvalue weighted by Crippen LogP contribution is -2.14. The van der Waals surface area contributed by atoms with Crippen molar-refractivity contribution in [3.05, 3.63) is 42.7 Å². The zero-order valence-corrected chi connectivity index (χ0v) is 8.25. The van der Waals surface area contributed by atoms with Crippen LogP contribution in [0.4, 0.5) is 4.39 Å². The molecule has 1 N–H and O–H groups in total. The molecular formula is C11H9FN2O2. The Labute approximate surface area is 90.9 Å². The van der Waals surface area contributed by atoms with E-state index in [0.29, 0.717) is 5.56 Å².